The maximum atomic E-state index is 11.8. The fourth-order valence-electron chi connectivity index (χ4n) is 2.55. The Kier molecular flexibility index (Phi) is 3.43. The van der Waals surface area contributed by atoms with Crippen LogP contribution in [0.25, 0.3) is 0 Å². The molecule has 90 valence electrons. The van der Waals surface area contributed by atoms with Crippen LogP contribution in [0.5, 0.6) is 0 Å². The van der Waals surface area contributed by atoms with Gasteiger partial charge in [0.1, 0.15) is 0 Å². The summed E-state index contributed by atoms with van der Waals surface area (Å²) in [5.74, 6) is -0.980. The summed E-state index contributed by atoms with van der Waals surface area (Å²) in [4.78, 5) is 22.5. The smallest absolute Gasteiger partial charge is 0.306 e. The van der Waals surface area contributed by atoms with Crippen molar-refractivity contribution in [3.05, 3.63) is 0 Å². The van der Waals surface area contributed by atoms with E-state index in [2.05, 4.69) is 10.6 Å². The van der Waals surface area contributed by atoms with Gasteiger partial charge in [0.15, 0.2) is 0 Å². The summed E-state index contributed by atoms with van der Waals surface area (Å²) in [5.41, 5.74) is 0. The summed E-state index contributed by atoms with van der Waals surface area (Å²) in [6.07, 6.45) is 3.98. The molecule has 1 aliphatic heterocycles. The van der Waals surface area contributed by atoms with Crippen LogP contribution in [0.3, 0.4) is 0 Å². The molecule has 1 saturated carbocycles. The first-order valence-corrected chi connectivity index (χ1v) is 5.93. The quantitative estimate of drug-likeness (QED) is 0.638. The minimum atomic E-state index is -0.740. The summed E-state index contributed by atoms with van der Waals surface area (Å²) in [6, 6.07) is -0.0140. The van der Waals surface area contributed by atoms with Crippen LogP contribution in [-0.4, -0.2) is 35.6 Å². The molecule has 5 heteroatoms. The monoisotopic (exact) mass is 226 g/mol. The van der Waals surface area contributed by atoms with Gasteiger partial charge in [-0.15, -0.1) is 0 Å². The second-order valence-corrected chi connectivity index (χ2v) is 4.70. The van der Waals surface area contributed by atoms with Crippen molar-refractivity contribution >= 4 is 11.9 Å². The number of carbonyl (C=O) groups is 2. The number of carboxylic acids is 1. The Hall–Kier alpha value is -1.10. The Morgan fingerprint density at radius 1 is 1.25 bits per heavy atom. The minimum Gasteiger partial charge on any atom is -0.481 e. The number of rotatable bonds is 3. The molecule has 0 spiro atoms. The molecule has 1 heterocycles. The van der Waals surface area contributed by atoms with E-state index in [4.69, 9.17) is 5.11 Å². The molecule has 3 atom stereocenters. The lowest BCUT2D eigenvalue weighted by atomic mass is 10.1. The van der Waals surface area contributed by atoms with Gasteiger partial charge in [0, 0.05) is 6.04 Å². The number of amides is 1. The van der Waals surface area contributed by atoms with Gasteiger partial charge in [-0.1, -0.05) is 0 Å². The minimum absolute atomic E-state index is 0.0357. The van der Waals surface area contributed by atoms with Crippen LogP contribution < -0.4 is 10.6 Å². The first-order chi connectivity index (χ1) is 7.66. The largest absolute Gasteiger partial charge is 0.481 e. The van der Waals surface area contributed by atoms with E-state index in [0.29, 0.717) is 12.8 Å². The highest BCUT2D eigenvalue weighted by Gasteiger charge is 2.32. The van der Waals surface area contributed by atoms with E-state index in [1.165, 1.54) is 0 Å². The third-order valence-electron chi connectivity index (χ3n) is 3.51. The van der Waals surface area contributed by atoms with E-state index < -0.39 is 5.97 Å². The van der Waals surface area contributed by atoms with E-state index in [0.717, 1.165) is 25.8 Å². The molecule has 0 aromatic rings. The van der Waals surface area contributed by atoms with Crippen LogP contribution >= 0.6 is 0 Å². The average Bonchev–Trinajstić information content (AvgIpc) is 2.87. The molecule has 0 aromatic carbocycles. The van der Waals surface area contributed by atoms with Gasteiger partial charge in [0.2, 0.25) is 5.91 Å². The van der Waals surface area contributed by atoms with Crippen molar-refractivity contribution in [2.75, 3.05) is 6.54 Å². The van der Waals surface area contributed by atoms with Crippen molar-refractivity contribution in [3.8, 4) is 0 Å². The zero-order chi connectivity index (χ0) is 11.5. The van der Waals surface area contributed by atoms with Crippen molar-refractivity contribution in [1.82, 2.24) is 10.6 Å². The summed E-state index contributed by atoms with van der Waals surface area (Å²) in [5, 5.41) is 14.9. The van der Waals surface area contributed by atoms with Crippen LogP contribution in [-0.2, 0) is 9.59 Å². The molecular formula is C11H18N2O3. The highest BCUT2D eigenvalue weighted by molar-refractivity contribution is 5.82. The van der Waals surface area contributed by atoms with Crippen LogP contribution in [0.4, 0.5) is 0 Å². The molecular weight excluding hydrogens is 208 g/mol. The number of carboxylic acid groups (broad SMARTS) is 1. The zero-order valence-corrected chi connectivity index (χ0v) is 9.24. The molecule has 2 rings (SSSR count). The lowest BCUT2D eigenvalue weighted by Gasteiger charge is -2.16. The molecule has 0 aromatic heterocycles. The number of aliphatic carboxylic acids is 1. The van der Waals surface area contributed by atoms with Gasteiger partial charge < -0.3 is 15.7 Å². The number of carbonyl (C=O) groups excluding carboxylic acids is 1. The molecule has 2 fully saturated rings. The zero-order valence-electron chi connectivity index (χ0n) is 9.24. The van der Waals surface area contributed by atoms with E-state index in [9.17, 15) is 9.59 Å². The third-order valence-corrected chi connectivity index (χ3v) is 3.51. The van der Waals surface area contributed by atoms with Gasteiger partial charge in [-0.3, -0.25) is 9.59 Å². The number of hydrogen-bond donors (Lipinski definition) is 3. The molecule has 5 nitrogen and oxygen atoms in total. The van der Waals surface area contributed by atoms with E-state index in [1.54, 1.807) is 0 Å². The molecule has 1 aliphatic carbocycles. The Labute approximate surface area is 94.6 Å². The Balaban J connectivity index is 1.78. The Morgan fingerprint density at radius 2 is 2.06 bits per heavy atom. The van der Waals surface area contributed by atoms with Crippen molar-refractivity contribution in [3.63, 3.8) is 0 Å². The van der Waals surface area contributed by atoms with Crippen LogP contribution in [0, 0.1) is 5.92 Å². The maximum Gasteiger partial charge on any atom is 0.306 e. The second-order valence-electron chi connectivity index (χ2n) is 4.70. The van der Waals surface area contributed by atoms with Gasteiger partial charge in [-0.05, 0) is 38.6 Å². The van der Waals surface area contributed by atoms with Crippen LogP contribution in [0.2, 0.25) is 0 Å². The molecule has 16 heavy (non-hydrogen) atoms. The van der Waals surface area contributed by atoms with Gasteiger partial charge in [-0.2, -0.15) is 0 Å². The lowest BCUT2D eigenvalue weighted by molar-refractivity contribution is -0.141. The van der Waals surface area contributed by atoms with Crippen molar-refractivity contribution in [2.24, 2.45) is 5.92 Å². The van der Waals surface area contributed by atoms with Crippen LogP contribution in [0.1, 0.15) is 32.1 Å². The predicted molar refractivity (Wildman–Crippen MR) is 57.9 cm³/mol. The summed E-state index contributed by atoms with van der Waals surface area (Å²) in [7, 11) is 0. The van der Waals surface area contributed by atoms with Crippen LogP contribution in [0.15, 0.2) is 0 Å². The topological polar surface area (TPSA) is 78.4 Å². The Bertz CT molecular complexity index is 287. The molecule has 1 amide bonds. The summed E-state index contributed by atoms with van der Waals surface area (Å²) in [6.45, 7) is 0.903. The molecule has 0 radical (unpaired) electrons. The molecule has 2 aliphatic rings. The van der Waals surface area contributed by atoms with Gasteiger partial charge >= 0.3 is 5.97 Å². The van der Waals surface area contributed by atoms with Crippen molar-refractivity contribution in [2.45, 2.75) is 44.2 Å². The lowest BCUT2D eigenvalue weighted by Crippen LogP contribution is -2.44. The molecule has 0 bridgehead atoms. The van der Waals surface area contributed by atoms with E-state index >= 15 is 0 Å². The fraction of sp³-hybridized carbons (Fsp3) is 0.818. The van der Waals surface area contributed by atoms with E-state index in [1.807, 2.05) is 0 Å². The van der Waals surface area contributed by atoms with E-state index in [-0.39, 0.29) is 23.9 Å². The molecule has 1 saturated heterocycles. The number of nitrogens with one attached hydrogen (secondary N) is 2. The average molecular weight is 226 g/mol. The standard InChI is InChI=1S/C11H18N2O3/c14-10(9-2-1-5-12-9)13-8-4-3-7(6-8)11(15)16/h7-9,12H,1-6H2,(H,13,14)(H,15,16). The number of hydrogen-bond acceptors (Lipinski definition) is 3. The SMILES string of the molecule is O=C(O)C1CCC(NC(=O)C2CCCN2)C1. The summed E-state index contributed by atoms with van der Waals surface area (Å²) < 4.78 is 0. The molecule has 3 unspecified atom stereocenters. The van der Waals surface area contributed by atoms with Gasteiger partial charge in [-0.25, -0.2) is 0 Å². The van der Waals surface area contributed by atoms with Gasteiger partial charge in [0.25, 0.3) is 0 Å². The third kappa shape index (κ3) is 2.52. The maximum absolute atomic E-state index is 11.8. The first kappa shape index (κ1) is 11.4. The Morgan fingerprint density at radius 3 is 2.62 bits per heavy atom. The predicted octanol–water partition coefficient (Wildman–Crippen LogP) is 0.108. The van der Waals surface area contributed by atoms with Crippen molar-refractivity contribution < 1.29 is 14.7 Å². The normalized spacial score (nSPS) is 33.9. The summed E-state index contributed by atoms with van der Waals surface area (Å²) >= 11 is 0. The fourth-order valence-corrected chi connectivity index (χ4v) is 2.55. The first-order valence-electron chi connectivity index (χ1n) is 5.93. The van der Waals surface area contributed by atoms with Crippen molar-refractivity contribution in [1.29, 1.82) is 0 Å². The van der Waals surface area contributed by atoms with Gasteiger partial charge in [0.05, 0.1) is 12.0 Å². The highest BCUT2D eigenvalue weighted by Crippen LogP contribution is 2.25. The highest BCUT2D eigenvalue weighted by atomic mass is 16.4. The molecule has 3 N–H and O–H groups in total. The second kappa shape index (κ2) is 4.82.